The van der Waals surface area contributed by atoms with Gasteiger partial charge in [-0.25, -0.2) is 4.98 Å². The van der Waals surface area contributed by atoms with Crippen molar-refractivity contribution in [3.63, 3.8) is 0 Å². The number of benzene rings is 1. The summed E-state index contributed by atoms with van der Waals surface area (Å²) >= 11 is 1.46. The van der Waals surface area contributed by atoms with E-state index in [-0.39, 0.29) is 5.82 Å². The lowest BCUT2D eigenvalue weighted by Gasteiger charge is -2.10. The van der Waals surface area contributed by atoms with E-state index in [1.165, 1.54) is 11.8 Å². The SMILES string of the molecule is C=C(C)CSc1[nH+]c(N)c(C#N)c(-c2ccc(C)cc2)c1C#N. The molecule has 2 aromatic rings. The third-order valence-electron chi connectivity index (χ3n) is 3.27. The summed E-state index contributed by atoms with van der Waals surface area (Å²) in [6.07, 6.45) is 0. The summed E-state index contributed by atoms with van der Waals surface area (Å²) in [6, 6.07) is 12.0. The van der Waals surface area contributed by atoms with Gasteiger partial charge in [-0.3, -0.25) is 5.73 Å². The van der Waals surface area contributed by atoms with Crippen LogP contribution in [0.3, 0.4) is 0 Å². The van der Waals surface area contributed by atoms with Crippen LogP contribution in [0.2, 0.25) is 0 Å². The molecule has 1 aromatic heterocycles. The largest absolute Gasteiger partial charge is 0.289 e. The first-order valence-electron chi connectivity index (χ1n) is 7.01. The second-order valence-corrected chi connectivity index (χ2v) is 6.31. The van der Waals surface area contributed by atoms with E-state index in [1.807, 2.05) is 38.1 Å². The predicted octanol–water partition coefficient (Wildman–Crippen LogP) is 3.47. The fourth-order valence-corrected chi connectivity index (χ4v) is 3.02. The van der Waals surface area contributed by atoms with Crippen LogP contribution in [0.4, 0.5) is 5.82 Å². The first-order chi connectivity index (χ1) is 11.0. The highest BCUT2D eigenvalue weighted by atomic mass is 32.2. The van der Waals surface area contributed by atoms with Gasteiger partial charge >= 0.3 is 0 Å². The summed E-state index contributed by atoms with van der Waals surface area (Å²) in [5, 5.41) is 19.8. The second-order valence-electron chi connectivity index (χ2n) is 5.33. The fourth-order valence-electron chi connectivity index (χ4n) is 2.16. The highest BCUT2D eigenvalue weighted by Gasteiger charge is 2.23. The van der Waals surface area contributed by atoms with Crippen LogP contribution in [0.15, 0.2) is 41.4 Å². The van der Waals surface area contributed by atoms with Gasteiger partial charge in [0.1, 0.15) is 23.3 Å². The number of hydrogen-bond acceptors (Lipinski definition) is 4. The number of thioether (sulfide) groups is 1. The van der Waals surface area contributed by atoms with Crippen molar-refractivity contribution in [1.29, 1.82) is 10.5 Å². The standard InChI is InChI=1S/C18H16N4S/c1-11(2)10-23-18-15(9-20)16(14(8-19)17(21)22-18)13-6-4-12(3)5-7-13/h4-7H,1,10H2,2-3H3,(H2,21,22)/p+1. The van der Waals surface area contributed by atoms with Crippen LogP contribution in [-0.2, 0) is 0 Å². The number of nitrogens with zero attached hydrogens (tertiary/aromatic N) is 2. The minimum Gasteiger partial charge on any atom is -0.286 e. The summed E-state index contributed by atoms with van der Waals surface area (Å²) in [5.74, 6) is 0.940. The van der Waals surface area contributed by atoms with Gasteiger partial charge in [-0.15, -0.1) is 0 Å². The smallest absolute Gasteiger partial charge is 0.286 e. The normalized spacial score (nSPS) is 9.91. The Kier molecular flexibility index (Phi) is 5.05. The van der Waals surface area contributed by atoms with E-state index in [0.29, 0.717) is 27.5 Å². The zero-order valence-corrected chi connectivity index (χ0v) is 13.9. The number of aromatic amines is 1. The maximum Gasteiger partial charge on any atom is 0.289 e. The van der Waals surface area contributed by atoms with Gasteiger partial charge in [0.15, 0.2) is 5.03 Å². The van der Waals surface area contributed by atoms with Gasteiger partial charge in [-0.1, -0.05) is 53.7 Å². The number of H-pyrrole nitrogens is 1. The highest BCUT2D eigenvalue weighted by molar-refractivity contribution is 7.99. The van der Waals surface area contributed by atoms with Gasteiger partial charge in [0.05, 0.1) is 0 Å². The van der Waals surface area contributed by atoms with Crippen molar-refractivity contribution in [3.05, 3.63) is 53.1 Å². The van der Waals surface area contributed by atoms with Crippen LogP contribution < -0.4 is 10.7 Å². The number of nitrogens with two attached hydrogens (primary N) is 1. The van der Waals surface area contributed by atoms with Crippen LogP contribution in [-0.4, -0.2) is 5.75 Å². The Hall–Kier alpha value is -2.76. The molecule has 114 valence electrons. The molecule has 3 N–H and O–H groups in total. The number of rotatable bonds is 4. The minimum atomic E-state index is 0.270. The van der Waals surface area contributed by atoms with E-state index in [0.717, 1.165) is 16.7 Å². The molecule has 0 bridgehead atoms. The van der Waals surface area contributed by atoms with Gasteiger partial charge in [-0.05, 0) is 19.4 Å². The predicted molar refractivity (Wildman–Crippen MR) is 92.6 cm³/mol. The Balaban J connectivity index is 2.71. The summed E-state index contributed by atoms with van der Waals surface area (Å²) < 4.78 is 0. The van der Waals surface area contributed by atoms with E-state index in [4.69, 9.17) is 5.73 Å². The van der Waals surface area contributed by atoms with E-state index in [9.17, 15) is 10.5 Å². The number of aromatic nitrogens is 1. The molecule has 0 saturated heterocycles. The number of nitrogen functional groups attached to an aromatic ring is 1. The van der Waals surface area contributed by atoms with Crippen molar-refractivity contribution in [2.45, 2.75) is 18.9 Å². The van der Waals surface area contributed by atoms with Crippen molar-refractivity contribution in [1.82, 2.24) is 0 Å². The number of nitriles is 2. The first-order valence-corrected chi connectivity index (χ1v) is 7.99. The lowest BCUT2D eigenvalue weighted by atomic mass is 9.96. The molecule has 0 fully saturated rings. The fraction of sp³-hybridized carbons (Fsp3) is 0.167. The minimum absolute atomic E-state index is 0.270. The average molecular weight is 321 g/mol. The molecule has 1 aromatic carbocycles. The van der Waals surface area contributed by atoms with Gasteiger partial charge < -0.3 is 0 Å². The molecule has 5 heteroatoms. The lowest BCUT2D eigenvalue weighted by Crippen LogP contribution is -2.18. The molecular weight excluding hydrogens is 304 g/mol. The molecule has 0 aliphatic heterocycles. The average Bonchev–Trinajstić information content (AvgIpc) is 2.53. The van der Waals surface area contributed by atoms with E-state index < -0.39 is 0 Å². The molecule has 0 aliphatic carbocycles. The Morgan fingerprint density at radius 1 is 1.22 bits per heavy atom. The van der Waals surface area contributed by atoms with Crippen LogP contribution in [0, 0.1) is 29.6 Å². The van der Waals surface area contributed by atoms with Crippen LogP contribution in [0.25, 0.3) is 11.1 Å². The Morgan fingerprint density at radius 2 is 1.83 bits per heavy atom. The molecule has 23 heavy (non-hydrogen) atoms. The van der Waals surface area contributed by atoms with Gasteiger partial charge in [-0.2, -0.15) is 10.5 Å². The van der Waals surface area contributed by atoms with Gasteiger partial charge in [0.2, 0.25) is 0 Å². The zero-order chi connectivity index (χ0) is 17.0. The molecule has 0 spiro atoms. The highest BCUT2D eigenvalue weighted by Crippen LogP contribution is 2.34. The van der Waals surface area contributed by atoms with Crippen LogP contribution in [0.1, 0.15) is 23.6 Å². The maximum atomic E-state index is 9.64. The summed E-state index contributed by atoms with van der Waals surface area (Å²) in [7, 11) is 0. The molecular formula is C18H17N4S+. The lowest BCUT2D eigenvalue weighted by molar-refractivity contribution is -0.410. The molecule has 0 aliphatic rings. The van der Waals surface area contributed by atoms with Gasteiger partial charge in [0.25, 0.3) is 5.82 Å². The molecule has 0 unspecified atom stereocenters. The van der Waals surface area contributed by atoms with Crippen LogP contribution in [0.5, 0.6) is 0 Å². The van der Waals surface area contributed by atoms with Crippen molar-refractivity contribution < 1.29 is 4.98 Å². The van der Waals surface area contributed by atoms with Crippen molar-refractivity contribution in [2.75, 3.05) is 11.5 Å². The maximum absolute atomic E-state index is 9.64. The molecule has 2 rings (SSSR count). The molecule has 0 amide bonds. The Morgan fingerprint density at radius 3 is 2.35 bits per heavy atom. The van der Waals surface area contributed by atoms with Crippen molar-refractivity contribution in [3.8, 4) is 23.3 Å². The zero-order valence-electron chi connectivity index (χ0n) is 13.1. The summed E-state index contributed by atoms with van der Waals surface area (Å²) in [5.41, 5.74) is 10.2. The number of pyridine rings is 1. The third-order valence-corrected chi connectivity index (χ3v) is 4.50. The summed E-state index contributed by atoms with van der Waals surface area (Å²) in [6.45, 7) is 7.78. The van der Waals surface area contributed by atoms with E-state index in [1.54, 1.807) is 0 Å². The van der Waals surface area contributed by atoms with Gasteiger partial charge in [0, 0.05) is 11.3 Å². The number of aryl methyl sites for hydroxylation is 1. The van der Waals surface area contributed by atoms with E-state index in [2.05, 4.69) is 23.7 Å². The third kappa shape index (κ3) is 3.53. The topological polar surface area (TPSA) is 87.7 Å². The number of anilines is 1. The Bertz CT molecular complexity index is 839. The number of hydrogen-bond donors (Lipinski definition) is 1. The summed E-state index contributed by atoms with van der Waals surface area (Å²) in [4.78, 5) is 2.98. The van der Waals surface area contributed by atoms with E-state index >= 15 is 0 Å². The second kappa shape index (κ2) is 7.00. The van der Waals surface area contributed by atoms with Crippen LogP contribution >= 0.6 is 11.8 Å². The molecule has 1 heterocycles. The monoisotopic (exact) mass is 321 g/mol. The quantitative estimate of drug-likeness (QED) is 0.690. The molecule has 0 saturated carbocycles. The molecule has 4 nitrogen and oxygen atoms in total. The van der Waals surface area contributed by atoms with Crippen molar-refractivity contribution in [2.24, 2.45) is 0 Å². The van der Waals surface area contributed by atoms with Crippen molar-refractivity contribution >= 4 is 17.6 Å². The first kappa shape index (κ1) is 16.6. The molecule has 0 atom stereocenters. The number of nitrogens with one attached hydrogen (secondary N) is 1. The Labute approximate surface area is 140 Å². The molecule has 0 radical (unpaired) electrons.